The lowest BCUT2D eigenvalue weighted by Gasteiger charge is -2.13. The molecule has 0 aliphatic rings. The molecule has 0 spiro atoms. The highest BCUT2D eigenvalue weighted by Crippen LogP contribution is 2.24. The number of hydrogen-bond acceptors (Lipinski definition) is 2. The van der Waals surface area contributed by atoms with Crippen molar-refractivity contribution in [2.45, 2.75) is 13.0 Å². The zero-order valence-electron chi connectivity index (χ0n) is 7.26. The Labute approximate surface area is 81.4 Å². The van der Waals surface area contributed by atoms with Gasteiger partial charge in [-0.15, -0.1) is 0 Å². The van der Waals surface area contributed by atoms with Gasteiger partial charge >= 0.3 is 0 Å². The Morgan fingerprint density at radius 2 is 2.31 bits per heavy atom. The third-order valence-corrected chi connectivity index (χ3v) is 1.87. The van der Waals surface area contributed by atoms with Gasteiger partial charge in [0.15, 0.2) is 11.6 Å². The number of halogens is 2. The number of benzene rings is 1. The van der Waals surface area contributed by atoms with E-state index < -0.39 is 5.82 Å². The first-order valence-electron chi connectivity index (χ1n) is 3.96. The van der Waals surface area contributed by atoms with Crippen molar-refractivity contribution in [3.8, 4) is 5.75 Å². The molecule has 13 heavy (non-hydrogen) atoms. The Hall–Kier alpha value is -0.800. The van der Waals surface area contributed by atoms with Crippen LogP contribution in [0.4, 0.5) is 4.39 Å². The summed E-state index contributed by atoms with van der Waals surface area (Å²) in [5.41, 5.74) is 5.33. The maximum Gasteiger partial charge on any atom is 0.183 e. The van der Waals surface area contributed by atoms with Gasteiger partial charge in [0.2, 0.25) is 0 Å². The van der Waals surface area contributed by atoms with Crippen LogP contribution < -0.4 is 10.5 Å². The molecule has 0 bridgehead atoms. The number of rotatable bonds is 3. The van der Waals surface area contributed by atoms with Crippen LogP contribution in [0.3, 0.4) is 0 Å². The van der Waals surface area contributed by atoms with Crippen molar-refractivity contribution in [1.29, 1.82) is 0 Å². The summed E-state index contributed by atoms with van der Waals surface area (Å²) in [5.74, 6) is -0.394. The van der Waals surface area contributed by atoms with Crippen LogP contribution in [-0.2, 0) is 0 Å². The molecule has 0 aliphatic heterocycles. The van der Waals surface area contributed by atoms with Gasteiger partial charge in [0.25, 0.3) is 0 Å². The molecular formula is C9H11ClFNO. The average molecular weight is 204 g/mol. The molecule has 1 aromatic carbocycles. The van der Waals surface area contributed by atoms with E-state index >= 15 is 0 Å². The maximum atomic E-state index is 13.2. The molecule has 1 rings (SSSR count). The highest BCUT2D eigenvalue weighted by atomic mass is 35.5. The molecule has 0 amide bonds. The molecule has 0 heterocycles. The van der Waals surface area contributed by atoms with Gasteiger partial charge in [0.1, 0.15) is 6.10 Å². The van der Waals surface area contributed by atoms with Crippen LogP contribution in [0.25, 0.3) is 0 Å². The van der Waals surface area contributed by atoms with Gasteiger partial charge < -0.3 is 10.5 Å². The third-order valence-electron chi connectivity index (χ3n) is 1.58. The summed E-state index contributed by atoms with van der Waals surface area (Å²) >= 11 is 5.55. The van der Waals surface area contributed by atoms with Gasteiger partial charge in [-0.25, -0.2) is 4.39 Å². The lowest BCUT2D eigenvalue weighted by Crippen LogP contribution is -2.23. The van der Waals surface area contributed by atoms with E-state index in [1.54, 1.807) is 13.0 Å². The lowest BCUT2D eigenvalue weighted by molar-refractivity contribution is 0.219. The fourth-order valence-electron chi connectivity index (χ4n) is 0.840. The average Bonchev–Trinajstić information content (AvgIpc) is 2.13. The first kappa shape index (κ1) is 10.3. The van der Waals surface area contributed by atoms with Crippen LogP contribution in [0, 0.1) is 5.82 Å². The topological polar surface area (TPSA) is 35.2 Å². The Balaban J connectivity index is 2.83. The molecule has 0 aromatic heterocycles. The van der Waals surface area contributed by atoms with E-state index in [4.69, 9.17) is 22.1 Å². The van der Waals surface area contributed by atoms with Crippen LogP contribution in [0.5, 0.6) is 5.75 Å². The van der Waals surface area contributed by atoms with Crippen LogP contribution in [-0.4, -0.2) is 12.6 Å². The van der Waals surface area contributed by atoms with E-state index in [2.05, 4.69) is 0 Å². The van der Waals surface area contributed by atoms with E-state index in [1.807, 2.05) is 0 Å². The molecular weight excluding hydrogens is 193 g/mol. The van der Waals surface area contributed by atoms with Crippen molar-refractivity contribution in [2.24, 2.45) is 5.73 Å². The summed E-state index contributed by atoms with van der Waals surface area (Å²) in [5, 5.41) is 0.0571. The number of hydrogen-bond donors (Lipinski definition) is 1. The molecule has 1 aromatic rings. The lowest BCUT2D eigenvalue weighted by atomic mass is 10.3. The van der Waals surface area contributed by atoms with Crippen molar-refractivity contribution < 1.29 is 9.13 Å². The van der Waals surface area contributed by atoms with Crippen molar-refractivity contribution in [1.82, 2.24) is 0 Å². The zero-order chi connectivity index (χ0) is 9.84. The predicted octanol–water partition coefficient (Wildman–Crippen LogP) is 2.21. The first-order valence-corrected chi connectivity index (χ1v) is 4.33. The second-order valence-electron chi connectivity index (χ2n) is 2.72. The zero-order valence-corrected chi connectivity index (χ0v) is 8.01. The molecule has 1 unspecified atom stereocenters. The van der Waals surface area contributed by atoms with E-state index in [-0.39, 0.29) is 16.9 Å². The normalized spacial score (nSPS) is 12.6. The third kappa shape index (κ3) is 2.57. The van der Waals surface area contributed by atoms with Crippen LogP contribution in [0.2, 0.25) is 5.02 Å². The minimum atomic E-state index is -0.538. The van der Waals surface area contributed by atoms with Crippen LogP contribution in [0.1, 0.15) is 6.92 Å². The summed E-state index contributed by atoms with van der Waals surface area (Å²) in [6, 6.07) is 4.62. The molecule has 0 fully saturated rings. The fourth-order valence-corrected chi connectivity index (χ4v) is 1.01. The molecule has 0 saturated heterocycles. The minimum absolute atomic E-state index is 0.0571. The summed E-state index contributed by atoms with van der Waals surface area (Å²) in [7, 11) is 0. The Morgan fingerprint density at radius 3 is 2.92 bits per heavy atom. The van der Waals surface area contributed by atoms with Crippen molar-refractivity contribution in [3.63, 3.8) is 0 Å². The van der Waals surface area contributed by atoms with Crippen LogP contribution in [0.15, 0.2) is 18.2 Å². The SMILES string of the molecule is CC(CN)Oc1cccc(Cl)c1F. The summed E-state index contributed by atoms with van der Waals surface area (Å²) < 4.78 is 18.4. The largest absolute Gasteiger partial charge is 0.486 e. The molecule has 72 valence electrons. The Bertz CT molecular complexity index is 293. The second kappa shape index (κ2) is 4.44. The highest BCUT2D eigenvalue weighted by molar-refractivity contribution is 6.30. The summed E-state index contributed by atoms with van der Waals surface area (Å²) in [4.78, 5) is 0. The second-order valence-corrected chi connectivity index (χ2v) is 3.12. The van der Waals surface area contributed by atoms with Gasteiger partial charge in [0, 0.05) is 6.54 Å². The van der Waals surface area contributed by atoms with E-state index in [0.717, 1.165) is 0 Å². The maximum absolute atomic E-state index is 13.2. The number of ether oxygens (including phenoxy) is 1. The van der Waals surface area contributed by atoms with Gasteiger partial charge in [-0.05, 0) is 19.1 Å². The van der Waals surface area contributed by atoms with E-state index in [9.17, 15) is 4.39 Å². The van der Waals surface area contributed by atoms with Crippen LogP contribution >= 0.6 is 11.6 Å². The van der Waals surface area contributed by atoms with Crippen molar-refractivity contribution in [2.75, 3.05) is 6.54 Å². The monoisotopic (exact) mass is 203 g/mol. The Morgan fingerprint density at radius 1 is 1.62 bits per heavy atom. The quantitative estimate of drug-likeness (QED) is 0.818. The predicted molar refractivity (Wildman–Crippen MR) is 50.6 cm³/mol. The molecule has 2 N–H and O–H groups in total. The Kier molecular flexibility index (Phi) is 3.51. The smallest absolute Gasteiger partial charge is 0.183 e. The van der Waals surface area contributed by atoms with Gasteiger partial charge in [-0.1, -0.05) is 17.7 Å². The highest BCUT2D eigenvalue weighted by Gasteiger charge is 2.09. The van der Waals surface area contributed by atoms with E-state index in [1.165, 1.54) is 12.1 Å². The van der Waals surface area contributed by atoms with E-state index in [0.29, 0.717) is 6.54 Å². The fraction of sp³-hybridized carbons (Fsp3) is 0.333. The van der Waals surface area contributed by atoms with Crippen molar-refractivity contribution >= 4 is 11.6 Å². The summed E-state index contributed by atoms with van der Waals surface area (Å²) in [6.07, 6.45) is -0.215. The number of nitrogens with two attached hydrogens (primary N) is 1. The first-order chi connectivity index (χ1) is 6.15. The minimum Gasteiger partial charge on any atom is -0.486 e. The summed E-state index contributed by atoms with van der Waals surface area (Å²) in [6.45, 7) is 2.10. The molecule has 2 nitrogen and oxygen atoms in total. The molecule has 1 atom stereocenters. The molecule has 0 aliphatic carbocycles. The molecule has 4 heteroatoms. The van der Waals surface area contributed by atoms with Gasteiger partial charge in [0.05, 0.1) is 5.02 Å². The van der Waals surface area contributed by atoms with Crippen molar-refractivity contribution in [3.05, 3.63) is 29.0 Å². The van der Waals surface area contributed by atoms with Gasteiger partial charge in [-0.3, -0.25) is 0 Å². The standard InChI is InChI=1S/C9H11ClFNO/c1-6(5-12)13-8-4-2-3-7(10)9(8)11/h2-4,6H,5,12H2,1H3. The van der Waals surface area contributed by atoms with Gasteiger partial charge in [-0.2, -0.15) is 0 Å². The molecule has 0 saturated carbocycles. The molecule has 0 radical (unpaired) electrons.